The van der Waals surface area contributed by atoms with Crippen molar-refractivity contribution in [2.24, 2.45) is 0 Å². The van der Waals surface area contributed by atoms with Crippen LogP contribution in [0.5, 0.6) is 0 Å². The Balaban J connectivity index is 2.07. The zero-order valence-electron chi connectivity index (χ0n) is 14.4. The third-order valence-electron chi connectivity index (χ3n) is 3.82. The van der Waals surface area contributed by atoms with Crippen LogP contribution < -0.4 is 9.71 Å². The van der Waals surface area contributed by atoms with Crippen molar-refractivity contribution in [3.05, 3.63) is 95.6 Å². The highest BCUT2D eigenvalue weighted by atomic mass is 32.2. The lowest BCUT2D eigenvalue weighted by Gasteiger charge is -2.06. The molecule has 3 rings (SSSR count). The number of benzene rings is 3. The van der Waals surface area contributed by atoms with E-state index < -0.39 is 21.7 Å². The number of hydrogen-bond donors (Lipinski definition) is 2. The molecule has 7 heteroatoms. The van der Waals surface area contributed by atoms with Gasteiger partial charge in [0.1, 0.15) is 10.7 Å². The third-order valence-corrected chi connectivity index (χ3v) is 5.19. The van der Waals surface area contributed by atoms with E-state index in [1.54, 1.807) is 42.5 Å². The van der Waals surface area contributed by atoms with E-state index in [-0.39, 0.29) is 16.4 Å². The molecule has 0 saturated carbocycles. The van der Waals surface area contributed by atoms with Crippen LogP contribution in [0.15, 0.2) is 77.7 Å². The number of hydrogen-bond acceptors (Lipinski definition) is 2. The summed E-state index contributed by atoms with van der Waals surface area (Å²) in [6.45, 7) is 1.85. The predicted molar refractivity (Wildman–Crippen MR) is 99.9 cm³/mol. The highest BCUT2D eigenvalue weighted by Gasteiger charge is 2.21. The summed E-state index contributed by atoms with van der Waals surface area (Å²) in [5.41, 5.74) is 1.37. The lowest BCUT2D eigenvalue weighted by Crippen LogP contribution is -2.78. The first-order valence-electron chi connectivity index (χ1n) is 8.09. The van der Waals surface area contributed by atoms with E-state index in [9.17, 15) is 17.2 Å². The molecule has 0 unspecified atom stereocenters. The molecule has 0 saturated heterocycles. The molecule has 2 N–H and O–H groups in total. The number of nitrogens with one attached hydrogen (secondary N) is 2. The van der Waals surface area contributed by atoms with E-state index >= 15 is 0 Å². The van der Waals surface area contributed by atoms with Crippen LogP contribution in [0.4, 0.5) is 14.5 Å². The highest BCUT2D eigenvalue weighted by molar-refractivity contribution is 7.84. The fourth-order valence-corrected chi connectivity index (χ4v) is 3.45. The van der Waals surface area contributed by atoms with Crippen LogP contribution >= 0.6 is 0 Å². The lowest BCUT2D eigenvalue weighted by molar-refractivity contribution is -0.266. The van der Waals surface area contributed by atoms with Gasteiger partial charge in [-0.05, 0) is 43.3 Å². The standard InChI is InChI=1S/C20H16F2N2O2S/c1-14-7-10-17(11-8-14)27(25,26)24-20(15-5-3-2-4-6-15)23-19-12-9-16(21)13-18(19)22/h2-13H,1H3,(H,23,24)/p+1. The van der Waals surface area contributed by atoms with E-state index in [4.69, 9.17) is 0 Å². The molecule has 138 valence electrons. The number of amidine groups is 1. The number of anilines is 1. The molecule has 0 aromatic heterocycles. The van der Waals surface area contributed by atoms with Crippen LogP contribution in [-0.2, 0) is 10.0 Å². The Labute approximate surface area is 156 Å². The summed E-state index contributed by atoms with van der Waals surface area (Å²) in [6.07, 6.45) is 0. The molecule has 0 bridgehead atoms. The normalized spacial score (nSPS) is 12.0. The van der Waals surface area contributed by atoms with E-state index in [1.807, 2.05) is 6.92 Å². The maximum Gasteiger partial charge on any atom is 0.328 e. The van der Waals surface area contributed by atoms with Crippen LogP contribution in [-0.4, -0.2) is 14.3 Å². The molecule has 4 nitrogen and oxygen atoms in total. The summed E-state index contributed by atoms with van der Waals surface area (Å²) in [6, 6.07) is 17.9. The fraction of sp³-hybridized carbons (Fsp3) is 0.0500. The summed E-state index contributed by atoms with van der Waals surface area (Å²) < 4.78 is 55.1. The fourth-order valence-electron chi connectivity index (χ4n) is 2.40. The molecule has 0 radical (unpaired) electrons. The van der Waals surface area contributed by atoms with Gasteiger partial charge in [0.15, 0.2) is 11.5 Å². The maximum atomic E-state index is 14.0. The molecule has 0 aliphatic rings. The second-order valence-corrected chi connectivity index (χ2v) is 7.59. The summed E-state index contributed by atoms with van der Waals surface area (Å²) in [5.74, 6) is -1.50. The molecule has 3 aromatic carbocycles. The summed E-state index contributed by atoms with van der Waals surface area (Å²) in [7, 11) is -3.91. The van der Waals surface area contributed by atoms with E-state index in [2.05, 4.69) is 9.71 Å². The van der Waals surface area contributed by atoms with Crippen molar-refractivity contribution in [2.45, 2.75) is 11.8 Å². The molecule has 0 heterocycles. The molecular formula is C20H17F2N2O2S+. The minimum Gasteiger partial charge on any atom is -0.237 e. The van der Waals surface area contributed by atoms with Crippen molar-refractivity contribution in [3.8, 4) is 0 Å². The van der Waals surface area contributed by atoms with Gasteiger partial charge < -0.3 is 0 Å². The molecular weight excluding hydrogens is 370 g/mol. The summed E-state index contributed by atoms with van der Waals surface area (Å²) in [4.78, 5) is 0.0721. The van der Waals surface area contributed by atoms with Crippen molar-refractivity contribution in [3.63, 3.8) is 0 Å². The maximum absolute atomic E-state index is 14.0. The third kappa shape index (κ3) is 4.57. The Morgan fingerprint density at radius 2 is 1.59 bits per heavy atom. The van der Waals surface area contributed by atoms with E-state index in [0.29, 0.717) is 5.56 Å². The summed E-state index contributed by atoms with van der Waals surface area (Å²) >= 11 is 0. The number of halogens is 2. The Bertz CT molecular complexity index is 1080. The molecule has 3 aromatic rings. The summed E-state index contributed by atoms with van der Waals surface area (Å²) in [5, 5.41) is 2.71. The van der Waals surface area contributed by atoms with Crippen LogP contribution in [0.1, 0.15) is 11.1 Å². The van der Waals surface area contributed by atoms with Gasteiger partial charge in [-0.25, -0.2) is 14.1 Å². The monoisotopic (exact) mass is 387 g/mol. The van der Waals surface area contributed by atoms with Gasteiger partial charge in [-0.1, -0.05) is 35.9 Å². The average molecular weight is 387 g/mol. The zero-order chi connectivity index (χ0) is 19.4. The molecule has 27 heavy (non-hydrogen) atoms. The molecule has 0 aliphatic carbocycles. The highest BCUT2D eigenvalue weighted by Crippen LogP contribution is 2.16. The van der Waals surface area contributed by atoms with Gasteiger partial charge in [-0.2, -0.15) is 12.8 Å². The average Bonchev–Trinajstić information content (AvgIpc) is 2.64. The van der Waals surface area contributed by atoms with E-state index in [0.717, 1.165) is 17.7 Å². The number of rotatable bonds is 4. The van der Waals surface area contributed by atoms with Crippen molar-refractivity contribution in [2.75, 3.05) is 5.32 Å². The van der Waals surface area contributed by atoms with Gasteiger partial charge in [0.25, 0.3) is 5.84 Å². The van der Waals surface area contributed by atoms with Crippen molar-refractivity contribution >= 4 is 21.5 Å². The quantitative estimate of drug-likeness (QED) is 0.534. The number of aryl methyl sites for hydroxylation is 1. The molecule has 0 spiro atoms. The van der Waals surface area contributed by atoms with Crippen molar-refractivity contribution in [1.82, 2.24) is 0 Å². The topological polar surface area (TPSA) is 60.1 Å². The second kappa shape index (κ2) is 7.67. The molecule has 0 aliphatic heterocycles. The van der Waals surface area contributed by atoms with Gasteiger partial charge in [0.05, 0.1) is 5.56 Å². The van der Waals surface area contributed by atoms with Crippen LogP contribution in [0.2, 0.25) is 0 Å². The zero-order valence-corrected chi connectivity index (χ0v) is 15.2. The van der Waals surface area contributed by atoms with Crippen LogP contribution in [0.3, 0.4) is 0 Å². The Morgan fingerprint density at radius 3 is 2.22 bits per heavy atom. The molecule has 0 atom stereocenters. The Kier molecular flexibility index (Phi) is 5.32. The van der Waals surface area contributed by atoms with E-state index in [1.165, 1.54) is 18.2 Å². The van der Waals surface area contributed by atoms with Gasteiger partial charge >= 0.3 is 10.0 Å². The Morgan fingerprint density at radius 1 is 0.926 bits per heavy atom. The largest absolute Gasteiger partial charge is 0.328 e. The minimum absolute atomic E-state index is 0.0538. The second-order valence-electron chi connectivity index (χ2n) is 5.91. The van der Waals surface area contributed by atoms with Gasteiger partial charge in [-0.15, -0.1) is 0 Å². The number of sulfonamides is 1. The molecule has 0 fully saturated rings. The van der Waals surface area contributed by atoms with Crippen molar-refractivity contribution in [1.29, 1.82) is 0 Å². The van der Waals surface area contributed by atoms with Gasteiger partial charge in [0.2, 0.25) is 0 Å². The van der Waals surface area contributed by atoms with Gasteiger partial charge in [0, 0.05) is 6.07 Å². The van der Waals surface area contributed by atoms with Gasteiger partial charge in [-0.3, -0.25) is 0 Å². The van der Waals surface area contributed by atoms with Crippen LogP contribution in [0.25, 0.3) is 0 Å². The first-order chi connectivity index (χ1) is 12.8. The first kappa shape index (κ1) is 18.7. The predicted octanol–water partition coefficient (Wildman–Crippen LogP) is 2.60. The molecule has 0 amide bonds. The Hall–Kier alpha value is -3.06. The lowest BCUT2D eigenvalue weighted by atomic mass is 10.2. The van der Waals surface area contributed by atoms with Crippen LogP contribution in [0, 0.1) is 18.6 Å². The van der Waals surface area contributed by atoms with Crippen molar-refractivity contribution < 1.29 is 21.6 Å². The minimum atomic E-state index is -3.91. The first-order valence-corrected chi connectivity index (χ1v) is 9.57. The smallest absolute Gasteiger partial charge is 0.237 e. The SMILES string of the molecule is Cc1ccc(S(=O)(=O)[NH+]=C(Nc2ccc(F)cc2F)c2ccccc2)cc1.